The first-order valence-corrected chi connectivity index (χ1v) is 9.21. The number of aromatic nitrogens is 1. The van der Waals surface area contributed by atoms with Gasteiger partial charge in [0.05, 0.1) is 5.56 Å². The quantitative estimate of drug-likeness (QED) is 0.716. The van der Waals surface area contributed by atoms with Gasteiger partial charge in [-0.15, -0.1) is 0 Å². The van der Waals surface area contributed by atoms with Gasteiger partial charge in [0, 0.05) is 25.4 Å². The molecule has 3 rings (SSSR count). The maximum absolute atomic E-state index is 12.5. The molecule has 0 aromatic carbocycles. The number of hydrogen-bond donors (Lipinski definition) is 3. The van der Waals surface area contributed by atoms with Gasteiger partial charge in [-0.2, -0.15) is 0 Å². The third-order valence-corrected chi connectivity index (χ3v) is 5.49. The van der Waals surface area contributed by atoms with Gasteiger partial charge in [0.2, 0.25) is 5.91 Å². The molecular formula is C19H25N3O4. The molecule has 1 heterocycles. The van der Waals surface area contributed by atoms with E-state index in [1.54, 1.807) is 19.3 Å². The Labute approximate surface area is 152 Å². The van der Waals surface area contributed by atoms with E-state index in [1.165, 1.54) is 6.20 Å². The summed E-state index contributed by atoms with van der Waals surface area (Å²) in [6, 6.07) is 0.943. The predicted molar refractivity (Wildman–Crippen MR) is 94.6 cm³/mol. The number of carbonyl (C=O) groups excluding carboxylic acids is 2. The molecular weight excluding hydrogens is 334 g/mol. The Morgan fingerprint density at radius 3 is 2.58 bits per heavy atom. The van der Waals surface area contributed by atoms with E-state index in [0.717, 1.165) is 37.7 Å². The number of aliphatic carboxylic acids is 1. The van der Waals surface area contributed by atoms with Crippen LogP contribution in [0.5, 0.6) is 0 Å². The molecule has 7 heteroatoms. The van der Waals surface area contributed by atoms with Crippen LogP contribution in [0.25, 0.3) is 0 Å². The number of hydrogen-bond acceptors (Lipinski definition) is 4. The highest BCUT2D eigenvalue weighted by atomic mass is 16.4. The Balaban J connectivity index is 1.63. The molecule has 0 aliphatic heterocycles. The summed E-state index contributed by atoms with van der Waals surface area (Å²) in [5.41, 5.74) is 1.30. The summed E-state index contributed by atoms with van der Waals surface area (Å²) < 4.78 is 0. The van der Waals surface area contributed by atoms with E-state index in [9.17, 15) is 19.5 Å². The molecule has 26 heavy (non-hydrogen) atoms. The van der Waals surface area contributed by atoms with Crippen LogP contribution >= 0.6 is 0 Å². The molecule has 0 radical (unpaired) electrons. The van der Waals surface area contributed by atoms with Crippen molar-refractivity contribution in [1.29, 1.82) is 0 Å². The number of nitrogens with one attached hydrogen (secondary N) is 2. The average molecular weight is 359 g/mol. The molecule has 3 atom stereocenters. The first-order valence-electron chi connectivity index (χ1n) is 9.21. The van der Waals surface area contributed by atoms with Gasteiger partial charge in [-0.1, -0.05) is 19.3 Å². The lowest BCUT2D eigenvalue weighted by Crippen LogP contribution is -2.47. The number of carbonyl (C=O) groups is 3. The van der Waals surface area contributed by atoms with Crippen molar-refractivity contribution < 1.29 is 19.5 Å². The molecule has 2 amide bonds. The fraction of sp³-hybridized carbons (Fsp3) is 0.579. The molecule has 2 aliphatic rings. The Morgan fingerprint density at radius 2 is 1.92 bits per heavy atom. The average Bonchev–Trinajstić information content (AvgIpc) is 3.47. The van der Waals surface area contributed by atoms with Crippen molar-refractivity contribution in [3.63, 3.8) is 0 Å². The normalized spacial score (nSPS) is 23.7. The molecule has 2 saturated carbocycles. The number of amides is 2. The van der Waals surface area contributed by atoms with E-state index in [0.29, 0.717) is 12.0 Å². The summed E-state index contributed by atoms with van der Waals surface area (Å²) in [6.45, 7) is 0. The van der Waals surface area contributed by atoms with Crippen molar-refractivity contribution in [2.75, 3.05) is 7.05 Å². The lowest BCUT2D eigenvalue weighted by Gasteiger charge is -2.28. The molecule has 0 bridgehead atoms. The molecule has 1 aromatic heterocycles. The van der Waals surface area contributed by atoms with Crippen LogP contribution in [0, 0.1) is 11.8 Å². The standard InChI is InChI=1S/C19H25N3O4/c1-20-17(23)13-7-12(9-21-10-13)14-8-15(14)18(24)22-16(19(25)26)11-5-3-2-4-6-11/h7,9-11,14-16H,2-6,8H2,1H3,(H,20,23)(H,22,24)(H,25,26)/t14?,15?,16-/m0/s1. The highest BCUT2D eigenvalue weighted by Crippen LogP contribution is 2.47. The van der Waals surface area contributed by atoms with Crippen molar-refractivity contribution in [3.8, 4) is 0 Å². The first-order chi connectivity index (χ1) is 12.5. The van der Waals surface area contributed by atoms with Crippen LogP contribution in [-0.2, 0) is 9.59 Å². The minimum atomic E-state index is -0.953. The molecule has 2 aliphatic carbocycles. The van der Waals surface area contributed by atoms with E-state index >= 15 is 0 Å². The van der Waals surface area contributed by atoms with Crippen LogP contribution in [-0.4, -0.2) is 41.0 Å². The van der Waals surface area contributed by atoms with E-state index in [2.05, 4.69) is 15.6 Å². The first kappa shape index (κ1) is 18.4. The van der Waals surface area contributed by atoms with E-state index in [-0.39, 0.29) is 29.6 Å². The smallest absolute Gasteiger partial charge is 0.326 e. The van der Waals surface area contributed by atoms with E-state index in [1.807, 2.05) is 0 Å². The van der Waals surface area contributed by atoms with E-state index < -0.39 is 12.0 Å². The molecule has 1 aromatic rings. The van der Waals surface area contributed by atoms with Gasteiger partial charge < -0.3 is 15.7 Å². The summed E-state index contributed by atoms with van der Waals surface area (Å²) in [4.78, 5) is 40.0. The zero-order valence-corrected chi connectivity index (χ0v) is 14.9. The topological polar surface area (TPSA) is 108 Å². The van der Waals surface area contributed by atoms with Crippen LogP contribution < -0.4 is 10.6 Å². The summed E-state index contributed by atoms with van der Waals surface area (Å²) in [6.07, 6.45) is 8.69. The molecule has 2 fully saturated rings. The van der Waals surface area contributed by atoms with Crippen LogP contribution in [0.1, 0.15) is 60.4 Å². The van der Waals surface area contributed by atoms with Crippen molar-refractivity contribution >= 4 is 17.8 Å². The Hall–Kier alpha value is -2.44. The van der Waals surface area contributed by atoms with Gasteiger partial charge in [-0.3, -0.25) is 14.6 Å². The predicted octanol–water partition coefficient (Wildman–Crippen LogP) is 1.69. The maximum Gasteiger partial charge on any atom is 0.326 e. The summed E-state index contributed by atoms with van der Waals surface area (Å²) in [5.74, 6) is -1.62. The summed E-state index contributed by atoms with van der Waals surface area (Å²) in [7, 11) is 1.56. The highest BCUT2D eigenvalue weighted by molar-refractivity contribution is 5.94. The largest absolute Gasteiger partial charge is 0.480 e. The summed E-state index contributed by atoms with van der Waals surface area (Å²) in [5, 5.41) is 14.8. The van der Waals surface area contributed by atoms with Gasteiger partial charge in [0.25, 0.3) is 5.91 Å². The van der Waals surface area contributed by atoms with Crippen molar-refractivity contribution in [2.45, 2.75) is 50.5 Å². The molecule has 0 spiro atoms. The van der Waals surface area contributed by atoms with Gasteiger partial charge in [0.15, 0.2) is 0 Å². The molecule has 3 N–H and O–H groups in total. The number of pyridine rings is 1. The van der Waals surface area contributed by atoms with Crippen LogP contribution in [0.4, 0.5) is 0 Å². The second-order valence-corrected chi connectivity index (χ2v) is 7.26. The molecule has 0 saturated heterocycles. The van der Waals surface area contributed by atoms with Gasteiger partial charge in [-0.25, -0.2) is 4.79 Å². The third kappa shape index (κ3) is 4.03. The third-order valence-electron chi connectivity index (χ3n) is 5.49. The number of rotatable bonds is 6. The minimum Gasteiger partial charge on any atom is -0.480 e. The second kappa shape index (κ2) is 7.85. The molecule has 140 valence electrons. The fourth-order valence-corrected chi connectivity index (χ4v) is 3.89. The van der Waals surface area contributed by atoms with Crippen molar-refractivity contribution in [1.82, 2.24) is 15.6 Å². The maximum atomic E-state index is 12.5. The second-order valence-electron chi connectivity index (χ2n) is 7.26. The van der Waals surface area contributed by atoms with Gasteiger partial charge in [0.1, 0.15) is 6.04 Å². The van der Waals surface area contributed by atoms with E-state index in [4.69, 9.17) is 0 Å². The fourth-order valence-electron chi connectivity index (χ4n) is 3.89. The lowest BCUT2D eigenvalue weighted by atomic mass is 9.84. The van der Waals surface area contributed by atoms with Crippen molar-refractivity contribution in [2.24, 2.45) is 11.8 Å². The number of nitrogens with zero attached hydrogens (tertiary/aromatic N) is 1. The van der Waals surface area contributed by atoms with Gasteiger partial charge >= 0.3 is 5.97 Å². The van der Waals surface area contributed by atoms with Crippen LogP contribution in [0.15, 0.2) is 18.5 Å². The number of carboxylic acids is 1. The van der Waals surface area contributed by atoms with Gasteiger partial charge in [-0.05, 0) is 42.7 Å². The Kier molecular flexibility index (Phi) is 5.54. The minimum absolute atomic E-state index is 0.00657. The number of carboxylic acid groups (broad SMARTS) is 1. The van der Waals surface area contributed by atoms with Crippen molar-refractivity contribution in [3.05, 3.63) is 29.6 Å². The Bertz CT molecular complexity index is 700. The van der Waals surface area contributed by atoms with Crippen LogP contribution in [0.3, 0.4) is 0 Å². The zero-order valence-electron chi connectivity index (χ0n) is 14.9. The highest BCUT2D eigenvalue weighted by Gasteiger charge is 2.46. The SMILES string of the molecule is CNC(=O)c1cncc(C2CC2C(=O)N[C@H](C(=O)O)C2CCCCC2)c1. The lowest BCUT2D eigenvalue weighted by molar-refractivity contribution is -0.144. The van der Waals surface area contributed by atoms with Crippen LogP contribution in [0.2, 0.25) is 0 Å². The monoisotopic (exact) mass is 359 g/mol. The summed E-state index contributed by atoms with van der Waals surface area (Å²) >= 11 is 0. The molecule has 2 unspecified atom stereocenters. The Morgan fingerprint density at radius 1 is 1.19 bits per heavy atom. The zero-order chi connectivity index (χ0) is 18.7. The molecule has 7 nitrogen and oxygen atoms in total.